The first kappa shape index (κ1) is 26.3. The SMILES string of the molecule is Cc1ccccc1N1CCN(C(=O)c2csc(CSc3nnc(Cc4ccccc4)n3-c3ccccc3)n2)CC1. The molecule has 9 heteroatoms. The van der Waals surface area contributed by atoms with Crippen LogP contribution in [0.15, 0.2) is 95.5 Å². The second kappa shape index (κ2) is 12.1. The Labute approximate surface area is 242 Å². The van der Waals surface area contributed by atoms with Crippen molar-refractivity contribution >= 4 is 34.7 Å². The predicted octanol–water partition coefficient (Wildman–Crippen LogP) is 5.88. The van der Waals surface area contributed by atoms with Crippen LogP contribution in [-0.2, 0) is 12.2 Å². The Morgan fingerprint density at radius 1 is 0.875 bits per heavy atom. The average Bonchev–Trinajstić information content (AvgIpc) is 3.64. The Balaban J connectivity index is 1.12. The third-order valence-electron chi connectivity index (χ3n) is 7.04. The van der Waals surface area contributed by atoms with Crippen molar-refractivity contribution in [2.24, 2.45) is 0 Å². The summed E-state index contributed by atoms with van der Waals surface area (Å²) in [6.07, 6.45) is 0.691. The molecule has 202 valence electrons. The van der Waals surface area contributed by atoms with E-state index in [-0.39, 0.29) is 5.91 Å². The summed E-state index contributed by atoms with van der Waals surface area (Å²) in [6, 6.07) is 28.9. The maximum atomic E-state index is 13.2. The molecule has 0 bridgehead atoms. The first-order valence-electron chi connectivity index (χ1n) is 13.4. The van der Waals surface area contributed by atoms with Gasteiger partial charge in [0.2, 0.25) is 0 Å². The fraction of sp³-hybridized carbons (Fsp3) is 0.226. The molecule has 0 spiro atoms. The van der Waals surface area contributed by atoms with Gasteiger partial charge in [-0.25, -0.2) is 4.98 Å². The van der Waals surface area contributed by atoms with Crippen LogP contribution in [0.3, 0.4) is 0 Å². The number of hydrogen-bond acceptors (Lipinski definition) is 7. The molecule has 0 unspecified atom stereocenters. The first-order valence-corrected chi connectivity index (χ1v) is 15.2. The van der Waals surface area contributed by atoms with Gasteiger partial charge < -0.3 is 9.80 Å². The van der Waals surface area contributed by atoms with Crippen molar-refractivity contribution in [3.8, 4) is 5.69 Å². The number of carbonyl (C=O) groups excluding carboxylic acids is 1. The van der Waals surface area contributed by atoms with E-state index in [1.165, 1.54) is 28.2 Å². The number of rotatable bonds is 8. The Morgan fingerprint density at radius 2 is 1.57 bits per heavy atom. The lowest BCUT2D eigenvalue weighted by molar-refractivity contribution is 0.0741. The summed E-state index contributed by atoms with van der Waals surface area (Å²) in [4.78, 5) is 22.2. The van der Waals surface area contributed by atoms with Crippen molar-refractivity contribution in [1.82, 2.24) is 24.6 Å². The molecule has 0 aliphatic carbocycles. The quantitative estimate of drug-likeness (QED) is 0.219. The number of aryl methyl sites for hydroxylation is 1. The zero-order valence-electron chi connectivity index (χ0n) is 22.3. The standard InChI is InChI=1S/C31H30N6OS2/c1-23-10-8-9-15-27(23)35-16-18-36(19-17-35)30(38)26-21-39-29(32-26)22-40-31-34-33-28(20-24-11-4-2-5-12-24)37(31)25-13-6-3-7-14-25/h2-15,21H,16-20,22H2,1H3. The van der Waals surface area contributed by atoms with Crippen molar-refractivity contribution in [2.45, 2.75) is 24.3 Å². The third kappa shape index (κ3) is 5.80. The maximum Gasteiger partial charge on any atom is 0.273 e. The molecule has 5 aromatic rings. The number of carbonyl (C=O) groups is 1. The van der Waals surface area contributed by atoms with Crippen molar-refractivity contribution < 1.29 is 4.79 Å². The molecule has 7 nitrogen and oxygen atoms in total. The van der Waals surface area contributed by atoms with Crippen molar-refractivity contribution in [3.05, 3.63) is 118 Å². The number of piperazine rings is 1. The minimum atomic E-state index is 0.00883. The third-order valence-corrected chi connectivity index (χ3v) is 9.01. The molecule has 1 aliphatic heterocycles. The van der Waals surface area contributed by atoms with Gasteiger partial charge in [-0.2, -0.15) is 0 Å². The molecule has 0 saturated carbocycles. The van der Waals surface area contributed by atoms with Gasteiger partial charge in [-0.15, -0.1) is 21.5 Å². The minimum Gasteiger partial charge on any atom is -0.368 e. The monoisotopic (exact) mass is 566 g/mol. The number of nitrogens with zero attached hydrogens (tertiary/aromatic N) is 6. The highest BCUT2D eigenvalue weighted by Crippen LogP contribution is 2.28. The van der Waals surface area contributed by atoms with Gasteiger partial charge in [0, 0.05) is 49.4 Å². The van der Waals surface area contributed by atoms with E-state index in [4.69, 9.17) is 4.98 Å². The molecule has 1 fully saturated rings. The number of amides is 1. The summed E-state index contributed by atoms with van der Waals surface area (Å²) in [7, 11) is 0. The molecule has 1 aliphatic rings. The average molecular weight is 567 g/mol. The molecule has 1 amide bonds. The van der Waals surface area contributed by atoms with E-state index in [2.05, 4.69) is 75.1 Å². The summed E-state index contributed by atoms with van der Waals surface area (Å²) in [6.45, 7) is 5.17. The second-order valence-corrected chi connectivity index (χ2v) is 11.6. The van der Waals surface area contributed by atoms with Crippen LogP contribution in [0.4, 0.5) is 5.69 Å². The van der Waals surface area contributed by atoms with E-state index < -0.39 is 0 Å². The van der Waals surface area contributed by atoms with Crippen LogP contribution in [0, 0.1) is 6.92 Å². The molecule has 0 radical (unpaired) electrons. The summed E-state index contributed by atoms with van der Waals surface area (Å²) < 4.78 is 2.12. The summed E-state index contributed by atoms with van der Waals surface area (Å²) >= 11 is 3.12. The number of para-hydroxylation sites is 2. The Kier molecular flexibility index (Phi) is 7.92. The Hall–Kier alpha value is -3.95. The normalized spacial score (nSPS) is 13.5. The van der Waals surface area contributed by atoms with Gasteiger partial charge in [0.15, 0.2) is 5.16 Å². The maximum absolute atomic E-state index is 13.2. The van der Waals surface area contributed by atoms with E-state index >= 15 is 0 Å². The van der Waals surface area contributed by atoms with Crippen molar-refractivity contribution in [1.29, 1.82) is 0 Å². The highest BCUT2D eigenvalue weighted by Gasteiger charge is 2.25. The topological polar surface area (TPSA) is 67.2 Å². The second-order valence-electron chi connectivity index (χ2n) is 9.71. The highest BCUT2D eigenvalue weighted by molar-refractivity contribution is 7.98. The van der Waals surface area contributed by atoms with E-state index in [0.29, 0.717) is 31.0 Å². The van der Waals surface area contributed by atoms with Crippen molar-refractivity contribution in [2.75, 3.05) is 31.1 Å². The van der Waals surface area contributed by atoms with Crippen LogP contribution in [0.25, 0.3) is 5.69 Å². The number of aromatic nitrogens is 4. The molecule has 0 atom stereocenters. The highest BCUT2D eigenvalue weighted by atomic mass is 32.2. The molecule has 3 heterocycles. The van der Waals surface area contributed by atoms with E-state index in [1.54, 1.807) is 11.8 Å². The largest absolute Gasteiger partial charge is 0.368 e. The van der Waals surface area contributed by atoms with E-state index in [0.717, 1.165) is 34.8 Å². The van der Waals surface area contributed by atoms with Crippen LogP contribution in [0.1, 0.15) is 32.4 Å². The lowest BCUT2D eigenvalue weighted by Gasteiger charge is -2.36. The molecule has 1 saturated heterocycles. The smallest absolute Gasteiger partial charge is 0.273 e. The van der Waals surface area contributed by atoms with E-state index in [9.17, 15) is 4.79 Å². The molecular formula is C31H30N6OS2. The number of anilines is 1. The molecule has 2 aromatic heterocycles. The van der Waals surface area contributed by atoms with Crippen LogP contribution in [0.5, 0.6) is 0 Å². The number of benzene rings is 3. The van der Waals surface area contributed by atoms with Crippen LogP contribution >= 0.6 is 23.1 Å². The van der Waals surface area contributed by atoms with Gasteiger partial charge in [0.25, 0.3) is 5.91 Å². The zero-order valence-corrected chi connectivity index (χ0v) is 23.9. The van der Waals surface area contributed by atoms with Crippen LogP contribution in [-0.4, -0.2) is 56.7 Å². The lowest BCUT2D eigenvalue weighted by Crippen LogP contribution is -2.49. The minimum absolute atomic E-state index is 0.00883. The van der Waals surface area contributed by atoms with Gasteiger partial charge in [0.1, 0.15) is 16.5 Å². The fourth-order valence-electron chi connectivity index (χ4n) is 4.96. The first-order chi connectivity index (χ1) is 19.7. The number of thioether (sulfide) groups is 1. The Morgan fingerprint density at radius 3 is 2.33 bits per heavy atom. The van der Waals surface area contributed by atoms with Gasteiger partial charge in [0.05, 0.1) is 5.75 Å². The molecule has 0 N–H and O–H groups in total. The molecule has 3 aromatic carbocycles. The molecular weight excluding hydrogens is 537 g/mol. The van der Waals surface area contributed by atoms with Crippen LogP contribution < -0.4 is 4.90 Å². The predicted molar refractivity (Wildman–Crippen MR) is 162 cm³/mol. The van der Waals surface area contributed by atoms with E-state index in [1.807, 2.05) is 46.7 Å². The van der Waals surface area contributed by atoms with Crippen molar-refractivity contribution in [3.63, 3.8) is 0 Å². The number of hydrogen-bond donors (Lipinski definition) is 0. The summed E-state index contributed by atoms with van der Waals surface area (Å²) in [5.74, 6) is 1.52. The van der Waals surface area contributed by atoms with Crippen LogP contribution in [0.2, 0.25) is 0 Å². The molecule has 40 heavy (non-hydrogen) atoms. The van der Waals surface area contributed by atoms with Gasteiger partial charge in [-0.1, -0.05) is 78.5 Å². The zero-order chi connectivity index (χ0) is 27.3. The summed E-state index contributed by atoms with van der Waals surface area (Å²) in [5, 5.41) is 12.7. The lowest BCUT2D eigenvalue weighted by atomic mass is 10.1. The van der Waals surface area contributed by atoms with Gasteiger partial charge in [-0.3, -0.25) is 9.36 Å². The fourth-order valence-corrected chi connectivity index (χ4v) is 6.71. The van der Waals surface area contributed by atoms with Gasteiger partial charge in [-0.05, 0) is 36.2 Å². The number of thiazole rings is 1. The van der Waals surface area contributed by atoms with Gasteiger partial charge >= 0.3 is 0 Å². The summed E-state index contributed by atoms with van der Waals surface area (Å²) in [5.41, 5.74) is 5.25. The Bertz CT molecular complexity index is 1580. The molecule has 6 rings (SSSR count).